The van der Waals surface area contributed by atoms with E-state index >= 15 is 0 Å². The van der Waals surface area contributed by atoms with E-state index in [2.05, 4.69) is 9.62 Å². The van der Waals surface area contributed by atoms with Crippen LogP contribution in [0.5, 0.6) is 0 Å². The third-order valence-corrected chi connectivity index (χ3v) is 6.68. The first-order chi connectivity index (χ1) is 10.5. The minimum Gasteiger partial charge on any atom is -0.299 e. The fraction of sp³-hybridized carbons (Fsp3) is 0.647. The maximum absolute atomic E-state index is 12.6. The number of nitrogens with one attached hydrogen (secondary N) is 1. The van der Waals surface area contributed by atoms with Gasteiger partial charge >= 0.3 is 0 Å². The molecule has 0 amide bonds. The second kappa shape index (κ2) is 6.30. The van der Waals surface area contributed by atoms with Crippen LogP contribution in [0.2, 0.25) is 0 Å². The fourth-order valence-corrected chi connectivity index (χ4v) is 5.36. The molecule has 122 valence electrons. The van der Waals surface area contributed by atoms with Gasteiger partial charge in [-0.3, -0.25) is 4.90 Å². The van der Waals surface area contributed by atoms with Gasteiger partial charge < -0.3 is 0 Å². The molecule has 5 heteroatoms. The Hall–Kier alpha value is -0.910. The second-order valence-electron chi connectivity index (χ2n) is 6.81. The van der Waals surface area contributed by atoms with Gasteiger partial charge in [0.15, 0.2) is 0 Å². The van der Waals surface area contributed by atoms with Gasteiger partial charge in [0.25, 0.3) is 0 Å². The Morgan fingerprint density at radius 3 is 2.55 bits per heavy atom. The highest BCUT2D eigenvalue weighted by molar-refractivity contribution is 7.89. The number of likely N-dealkylation sites (tertiary alicyclic amines) is 1. The van der Waals surface area contributed by atoms with Gasteiger partial charge in [0.1, 0.15) is 0 Å². The van der Waals surface area contributed by atoms with Crippen LogP contribution in [0.4, 0.5) is 0 Å². The molecule has 1 aromatic rings. The van der Waals surface area contributed by atoms with Crippen molar-refractivity contribution in [3.63, 3.8) is 0 Å². The Bertz CT molecular complexity index is 636. The molecule has 1 unspecified atom stereocenters. The van der Waals surface area contributed by atoms with Crippen molar-refractivity contribution in [1.29, 1.82) is 0 Å². The maximum atomic E-state index is 12.6. The molecule has 2 fully saturated rings. The highest BCUT2D eigenvalue weighted by atomic mass is 32.2. The van der Waals surface area contributed by atoms with Crippen LogP contribution in [-0.4, -0.2) is 38.5 Å². The lowest BCUT2D eigenvalue weighted by molar-refractivity contribution is 0.242. The van der Waals surface area contributed by atoms with Crippen molar-refractivity contribution < 1.29 is 8.42 Å². The summed E-state index contributed by atoms with van der Waals surface area (Å²) in [4.78, 5) is 2.89. The Balaban J connectivity index is 1.67. The van der Waals surface area contributed by atoms with Gasteiger partial charge in [0.2, 0.25) is 10.0 Å². The summed E-state index contributed by atoms with van der Waals surface area (Å²) in [6, 6.07) is 6.23. The molecule has 1 aliphatic carbocycles. The SMILES string of the molecule is Cc1ccc(S(=O)(=O)NC2CCN(C3CCCC3)C2)c(C)c1. The number of nitrogens with zero attached hydrogens (tertiary/aromatic N) is 1. The summed E-state index contributed by atoms with van der Waals surface area (Å²) in [5, 5.41) is 0. The molecule has 0 aromatic heterocycles. The van der Waals surface area contributed by atoms with Crippen molar-refractivity contribution in [2.75, 3.05) is 13.1 Å². The van der Waals surface area contributed by atoms with E-state index < -0.39 is 10.0 Å². The van der Waals surface area contributed by atoms with Gasteiger partial charge in [-0.05, 0) is 44.7 Å². The van der Waals surface area contributed by atoms with Crippen LogP contribution in [0.25, 0.3) is 0 Å². The third kappa shape index (κ3) is 3.36. The van der Waals surface area contributed by atoms with E-state index in [9.17, 15) is 8.42 Å². The van der Waals surface area contributed by atoms with Crippen molar-refractivity contribution in [2.24, 2.45) is 0 Å². The summed E-state index contributed by atoms with van der Waals surface area (Å²) < 4.78 is 28.2. The minimum atomic E-state index is -3.41. The third-order valence-electron chi connectivity index (χ3n) is 5.00. The van der Waals surface area contributed by atoms with E-state index in [0.717, 1.165) is 30.6 Å². The molecule has 1 aliphatic heterocycles. The first kappa shape index (κ1) is 16.0. The van der Waals surface area contributed by atoms with Crippen LogP contribution >= 0.6 is 0 Å². The van der Waals surface area contributed by atoms with Gasteiger partial charge in [-0.2, -0.15) is 0 Å². The van der Waals surface area contributed by atoms with E-state index in [4.69, 9.17) is 0 Å². The lowest BCUT2D eigenvalue weighted by atomic mass is 10.2. The maximum Gasteiger partial charge on any atom is 0.241 e. The molecule has 0 radical (unpaired) electrons. The van der Waals surface area contributed by atoms with Crippen molar-refractivity contribution in [1.82, 2.24) is 9.62 Å². The van der Waals surface area contributed by atoms with Gasteiger partial charge in [-0.1, -0.05) is 30.5 Å². The number of benzene rings is 1. The zero-order valence-corrected chi connectivity index (χ0v) is 14.3. The van der Waals surface area contributed by atoms with Gasteiger partial charge in [-0.15, -0.1) is 0 Å². The summed E-state index contributed by atoms with van der Waals surface area (Å²) in [6.45, 7) is 5.72. The number of hydrogen-bond donors (Lipinski definition) is 1. The lowest BCUT2D eigenvalue weighted by Gasteiger charge is -2.23. The molecule has 1 saturated heterocycles. The molecular weight excluding hydrogens is 296 g/mol. The van der Waals surface area contributed by atoms with Crippen LogP contribution in [0.1, 0.15) is 43.2 Å². The molecule has 1 saturated carbocycles. The quantitative estimate of drug-likeness (QED) is 0.927. The predicted molar refractivity (Wildman–Crippen MR) is 88.5 cm³/mol. The molecular formula is C17H26N2O2S. The first-order valence-electron chi connectivity index (χ1n) is 8.29. The molecule has 4 nitrogen and oxygen atoms in total. The normalized spacial score (nSPS) is 24.2. The zero-order chi connectivity index (χ0) is 15.7. The molecule has 0 bridgehead atoms. The van der Waals surface area contributed by atoms with E-state index in [1.165, 1.54) is 25.7 Å². The molecule has 0 spiro atoms. The molecule has 1 atom stereocenters. The highest BCUT2D eigenvalue weighted by Gasteiger charge is 2.32. The highest BCUT2D eigenvalue weighted by Crippen LogP contribution is 2.27. The summed E-state index contributed by atoms with van der Waals surface area (Å²) in [5.41, 5.74) is 1.91. The topological polar surface area (TPSA) is 49.4 Å². The Kier molecular flexibility index (Phi) is 4.57. The van der Waals surface area contributed by atoms with Crippen molar-refractivity contribution in [3.8, 4) is 0 Å². The van der Waals surface area contributed by atoms with Crippen LogP contribution < -0.4 is 4.72 Å². The fourth-order valence-electron chi connectivity index (χ4n) is 3.87. The number of hydrogen-bond acceptors (Lipinski definition) is 3. The largest absolute Gasteiger partial charge is 0.299 e. The predicted octanol–water partition coefficient (Wildman–Crippen LogP) is 2.60. The van der Waals surface area contributed by atoms with E-state index in [1.54, 1.807) is 6.07 Å². The van der Waals surface area contributed by atoms with E-state index in [1.807, 2.05) is 26.0 Å². The van der Waals surface area contributed by atoms with Crippen LogP contribution in [0.3, 0.4) is 0 Å². The second-order valence-corrected chi connectivity index (χ2v) is 8.49. The Morgan fingerprint density at radius 2 is 1.86 bits per heavy atom. The summed E-state index contributed by atoms with van der Waals surface area (Å²) >= 11 is 0. The van der Waals surface area contributed by atoms with Gasteiger partial charge in [0.05, 0.1) is 4.90 Å². The summed E-state index contributed by atoms with van der Waals surface area (Å²) in [5.74, 6) is 0. The Morgan fingerprint density at radius 1 is 1.14 bits per heavy atom. The number of sulfonamides is 1. The number of aryl methyl sites for hydroxylation is 2. The monoisotopic (exact) mass is 322 g/mol. The van der Waals surface area contributed by atoms with E-state index in [-0.39, 0.29) is 6.04 Å². The van der Waals surface area contributed by atoms with Crippen molar-refractivity contribution >= 4 is 10.0 Å². The molecule has 22 heavy (non-hydrogen) atoms. The van der Waals surface area contributed by atoms with Crippen molar-refractivity contribution in [2.45, 2.75) is 62.9 Å². The average molecular weight is 322 g/mol. The summed E-state index contributed by atoms with van der Waals surface area (Å²) in [7, 11) is -3.41. The minimum absolute atomic E-state index is 0.0475. The average Bonchev–Trinajstić information content (AvgIpc) is 3.07. The lowest BCUT2D eigenvalue weighted by Crippen LogP contribution is -2.39. The van der Waals surface area contributed by atoms with Crippen LogP contribution in [-0.2, 0) is 10.0 Å². The van der Waals surface area contributed by atoms with Crippen LogP contribution in [0.15, 0.2) is 23.1 Å². The van der Waals surface area contributed by atoms with Gasteiger partial charge in [-0.25, -0.2) is 13.1 Å². The zero-order valence-electron chi connectivity index (χ0n) is 13.5. The molecule has 1 heterocycles. The van der Waals surface area contributed by atoms with Crippen LogP contribution in [0, 0.1) is 13.8 Å². The smallest absolute Gasteiger partial charge is 0.241 e. The van der Waals surface area contributed by atoms with Gasteiger partial charge in [0, 0.05) is 25.2 Å². The van der Waals surface area contributed by atoms with E-state index in [0.29, 0.717) is 10.9 Å². The summed E-state index contributed by atoms with van der Waals surface area (Å²) in [6.07, 6.45) is 6.11. The Labute approximate surface area is 134 Å². The molecule has 3 rings (SSSR count). The standard InChI is InChI=1S/C17H26N2O2S/c1-13-7-8-17(14(2)11-13)22(20,21)18-15-9-10-19(12-15)16-5-3-4-6-16/h7-8,11,15-16,18H,3-6,9-10,12H2,1-2H3. The first-order valence-corrected chi connectivity index (χ1v) is 9.78. The number of rotatable bonds is 4. The molecule has 2 aliphatic rings. The molecule has 1 N–H and O–H groups in total. The molecule has 1 aromatic carbocycles. The van der Waals surface area contributed by atoms with Crippen molar-refractivity contribution in [3.05, 3.63) is 29.3 Å².